The lowest BCUT2D eigenvalue weighted by Gasteiger charge is -2.04. The second-order valence-corrected chi connectivity index (χ2v) is 4.25. The highest BCUT2D eigenvalue weighted by molar-refractivity contribution is 6.01. The lowest BCUT2D eigenvalue weighted by Crippen LogP contribution is -2.16. The molecule has 2 N–H and O–H groups in total. The van der Waals surface area contributed by atoms with Crippen molar-refractivity contribution in [1.82, 2.24) is 15.2 Å². The van der Waals surface area contributed by atoms with Crippen molar-refractivity contribution in [2.75, 3.05) is 5.32 Å². The Hall–Kier alpha value is -2.31. The Morgan fingerprint density at radius 3 is 2.47 bits per heavy atom. The second kappa shape index (κ2) is 5.13. The molecule has 19 heavy (non-hydrogen) atoms. The van der Waals surface area contributed by atoms with Crippen LogP contribution in [0.1, 0.15) is 36.2 Å². The van der Waals surface area contributed by atoms with Gasteiger partial charge in [0.15, 0.2) is 0 Å². The number of amides is 1. The zero-order valence-electron chi connectivity index (χ0n) is 10.4. The molecule has 0 aliphatic rings. The maximum Gasteiger partial charge on any atom is 0.295 e. The van der Waals surface area contributed by atoms with Gasteiger partial charge < -0.3 is 5.32 Å². The molecule has 0 fully saturated rings. The zero-order chi connectivity index (χ0) is 14.0. The number of benzene rings is 1. The van der Waals surface area contributed by atoms with Crippen LogP contribution in [0, 0.1) is 11.6 Å². The van der Waals surface area contributed by atoms with Crippen LogP contribution in [-0.2, 0) is 0 Å². The van der Waals surface area contributed by atoms with E-state index in [0.717, 1.165) is 12.1 Å². The highest BCUT2D eigenvalue weighted by Crippen LogP contribution is 2.18. The molecule has 0 aliphatic carbocycles. The van der Waals surface area contributed by atoms with E-state index in [4.69, 9.17) is 0 Å². The van der Waals surface area contributed by atoms with Gasteiger partial charge in [-0.3, -0.25) is 9.89 Å². The van der Waals surface area contributed by atoms with Crippen LogP contribution in [0.2, 0.25) is 0 Å². The molecule has 0 saturated heterocycles. The molecule has 1 heterocycles. The van der Waals surface area contributed by atoms with Crippen molar-refractivity contribution in [3.8, 4) is 0 Å². The van der Waals surface area contributed by atoms with Crippen LogP contribution in [0.15, 0.2) is 18.2 Å². The first-order chi connectivity index (χ1) is 8.99. The zero-order valence-corrected chi connectivity index (χ0v) is 10.4. The SMILES string of the molecule is CC(C)c1nc(C(=O)Nc2c(F)cccc2F)n[nH]1. The van der Waals surface area contributed by atoms with Crippen LogP contribution in [0.3, 0.4) is 0 Å². The van der Waals surface area contributed by atoms with Crippen LogP contribution in [0.5, 0.6) is 0 Å². The van der Waals surface area contributed by atoms with Crippen LogP contribution >= 0.6 is 0 Å². The minimum absolute atomic E-state index is 0.0687. The van der Waals surface area contributed by atoms with Crippen molar-refractivity contribution < 1.29 is 13.6 Å². The lowest BCUT2D eigenvalue weighted by molar-refractivity contribution is 0.101. The van der Waals surface area contributed by atoms with Crippen LogP contribution in [0.4, 0.5) is 14.5 Å². The summed E-state index contributed by atoms with van der Waals surface area (Å²) in [6.45, 7) is 3.75. The first-order valence-electron chi connectivity index (χ1n) is 5.66. The minimum atomic E-state index is -0.854. The predicted molar refractivity (Wildman–Crippen MR) is 64.8 cm³/mol. The molecule has 5 nitrogen and oxygen atoms in total. The molecule has 0 spiro atoms. The van der Waals surface area contributed by atoms with Crippen LogP contribution in [-0.4, -0.2) is 21.1 Å². The summed E-state index contributed by atoms with van der Waals surface area (Å²) in [5.74, 6) is -2.04. The number of aromatic amines is 1. The molecule has 100 valence electrons. The topological polar surface area (TPSA) is 70.7 Å². The maximum absolute atomic E-state index is 13.4. The Morgan fingerprint density at radius 2 is 1.95 bits per heavy atom. The summed E-state index contributed by atoms with van der Waals surface area (Å²) in [5.41, 5.74) is -0.511. The van der Waals surface area contributed by atoms with Crippen molar-refractivity contribution in [3.05, 3.63) is 41.5 Å². The molecule has 0 radical (unpaired) electrons. The molecule has 1 aromatic carbocycles. The molecule has 0 atom stereocenters. The molecule has 1 amide bonds. The fourth-order valence-electron chi connectivity index (χ4n) is 1.42. The summed E-state index contributed by atoms with van der Waals surface area (Å²) >= 11 is 0. The molecule has 2 rings (SSSR count). The van der Waals surface area contributed by atoms with E-state index in [1.165, 1.54) is 6.07 Å². The molecule has 0 unspecified atom stereocenters. The number of nitrogens with zero attached hydrogens (tertiary/aromatic N) is 2. The van der Waals surface area contributed by atoms with E-state index in [1.807, 2.05) is 13.8 Å². The highest BCUT2D eigenvalue weighted by atomic mass is 19.1. The van der Waals surface area contributed by atoms with E-state index in [1.54, 1.807) is 0 Å². The van der Waals surface area contributed by atoms with Gasteiger partial charge in [-0.2, -0.15) is 0 Å². The molecule has 0 saturated carbocycles. The van der Waals surface area contributed by atoms with Gasteiger partial charge in [-0.05, 0) is 12.1 Å². The standard InChI is InChI=1S/C12H12F2N4O/c1-6(2)10-16-11(18-17-10)12(19)15-9-7(13)4-3-5-8(9)14/h3-6H,1-2H3,(H,15,19)(H,16,17,18). The number of carbonyl (C=O) groups excluding carboxylic acids is 1. The van der Waals surface area contributed by atoms with E-state index in [0.29, 0.717) is 5.82 Å². The van der Waals surface area contributed by atoms with Gasteiger partial charge in [-0.15, -0.1) is 5.10 Å². The summed E-state index contributed by atoms with van der Waals surface area (Å²) in [4.78, 5) is 15.7. The number of rotatable bonds is 3. The second-order valence-electron chi connectivity index (χ2n) is 4.25. The van der Waals surface area contributed by atoms with E-state index in [-0.39, 0.29) is 11.7 Å². The van der Waals surface area contributed by atoms with E-state index < -0.39 is 23.2 Å². The van der Waals surface area contributed by atoms with Crippen molar-refractivity contribution in [2.45, 2.75) is 19.8 Å². The number of anilines is 1. The highest BCUT2D eigenvalue weighted by Gasteiger charge is 2.17. The summed E-state index contributed by atoms with van der Waals surface area (Å²) in [5, 5.41) is 8.40. The molecule has 7 heteroatoms. The molecular weight excluding hydrogens is 254 g/mol. The summed E-state index contributed by atoms with van der Waals surface area (Å²) < 4.78 is 26.7. The van der Waals surface area contributed by atoms with Crippen molar-refractivity contribution in [1.29, 1.82) is 0 Å². The minimum Gasteiger partial charge on any atom is -0.314 e. The molecule has 0 bridgehead atoms. The van der Waals surface area contributed by atoms with Gasteiger partial charge in [0.25, 0.3) is 5.91 Å². The molecule has 1 aromatic heterocycles. The Kier molecular flexibility index (Phi) is 3.55. The maximum atomic E-state index is 13.4. The number of halogens is 2. The third kappa shape index (κ3) is 2.75. The lowest BCUT2D eigenvalue weighted by atomic mass is 10.2. The van der Waals surface area contributed by atoms with Gasteiger partial charge >= 0.3 is 0 Å². The normalized spacial score (nSPS) is 10.8. The Bertz CT molecular complexity index is 589. The predicted octanol–water partition coefficient (Wildman–Crippen LogP) is 2.46. The first-order valence-corrected chi connectivity index (χ1v) is 5.66. The average molecular weight is 266 g/mol. The number of hydrogen-bond acceptors (Lipinski definition) is 3. The monoisotopic (exact) mass is 266 g/mol. The summed E-state index contributed by atoms with van der Waals surface area (Å²) in [7, 11) is 0. The van der Waals surface area contributed by atoms with Crippen LogP contribution in [0.25, 0.3) is 0 Å². The van der Waals surface area contributed by atoms with Gasteiger partial charge in [0.2, 0.25) is 5.82 Å². The Balaban J connectivity index is 2.21. The number of nitrogens with one attached hydrogen (secondary N) is 2. The number of hydrogen-bond donors (Lipinski definition) is 2. The van der Waals surface area contributed by atoms with E-state index >= 15 is 0 Å². The van der Waals surface area contributed by atoms with Gasteiger partial charge in [-0.25, -0.2) is 13.8 Å². The fraction of sp³-hybridized carbons (Fsp3) is 0.250. The summed E-state index contributed by atoms with van der Waals surface area (Å²) in [6.07, 6.45) is 0. The van der Waals surface area contributed by atoms with Gasteiger partial charge in [-0.1, -0.05) is 19.9 Å². The number of H-pyrrole nitrogens is 1. The van der Waals surface area contributed by atoms with Crippen molar-refractivity contribution >= 4 is 11.6 Å². The molecule has 0 aliphatic heterocycles. The molecular formula is C12H12F2N4O. The number of aromatic nitrogens is 3. The van der Waals surface area contributed by atoms with Crippen molar-refractivity contribution in [2.24, 2.45) is 0 Å². The molecule has 2 aromatic rings. The van der Waals surface area contributed by atoms with Crippen molar-refractivity contribution in [3.63, 3.8) is 0 Å². The smallest absolute Gasteiger partial charge is 0.295 e. The summed E-state index contributed by atoms with van der Waals surface area (Å²) in [6, 6.07) is 3.32. The quantitative estimate of drug-likeness (QED) is 0.896. The largest absolute Gasteiger partial charge is 0.314 e. The van der Waals surface area contributed by atoms with Gasteiger partial charge in [0, 0.05) is 5.92 Å². The van der Waals surface area contributed by atoms with E-state index in [9.17, 15) is 13.6 Å². The Morgan fingerprint density at radius 1 is 1.32 bits per heavy atom. The van der Waals surface area contributed by atoms with Gasteiger partial charge in [0.1, 0.15) is 23.1 Å². The number of para-hydroxylation sites is 1. The third-order valence-corrected chi connectivity index (χ3v) is 2.45. The van der Waals surface area contributed by atoms with Crippen LogP contribution < -0.4 is 5.32 Å². The number of carbonyl (C=O) groups is 1. The van der Waals surface area contributed by atoms with E-state index in [2.05, 4.69) is 20.5 Å². The fourth-order valence-corrected chi connectivity index (χ4v) is 1.42. The average Bonchev–Trinajstić information content (AvgIpc) is 2.83. The van der Waals surface area contributed by atoms with Gasteiger partial charge in [0.05, 0.1) is 0 Å². The Labute approximate surface area is 108 Å². The third-order valence-electron chi connectivity index (χ3n) is 2.45. The first kappa shape index (κ1) is 13.1.